The highest BCUT2D eigenvalue weighted by Gasteiger charge is 2.33. The van der Waals surface area contributed by atoms with E-state index in [1.54, 1.807) is 35.2 Å². The lowest BCUT2D eigenvalue weighted by Gasteiger charge is -2.39. The molecule has 6 nitrogen and oxygen atoms in total. The summed E-state index contributed by atoms with van der Waals surface area (Å²) in [6.45, 7) is 1.48. The van der Waals surface area contributed by atoms with Crippen molar-refractivity contribution in [1.82, 2.24) is 9.62 Å². The average Bonchev–Trinajstić information content (AvgIpc) is 2.69. The topological polar surface area (TPSA) is 75.7 Å². The van der Waals surface area contributed by atoms with Gasteiger partial charge in [-0.15, -0.1) is 0 Å². The van der Waals surface area contributed by atoms with Crippen molar-refractivity contribution in [2.75, 3.05) is 19.3 Å². The molecule has 0 radical (unpaired) electrons. The van der Waals surface area contributed by atoms with Gasteiger partial charge in [-0.3, -0.25) is 4.79 Å². The molecule has 1 aliphatic heterocycles. The quantitative estimate of drug-likeness (QED) is 0.601. The molecule has 0 aliphatic carbocycles. The molecule has 1 amide bonds. The van der Waals surface area contributed by atoms with Crippen molar-refractivity contribution >= 4 is 26.7 Å². The molecule has 0 saturated carbocycles. The van der Waals surface area contributed by atoms with Gasteiger partial charge in [0, 0.05) is 36.5 Å². The highest BCUT2D eigenvalue weighted by molar-refractivity contribution is 7.88. The minimum atomic E-state index is -3.31. The molecule has 0 aromatic heterocycles. The Morgan fingerprint density at radius 2 is 1.78 bits per heavy atom. The van der Waals surface area contributed by atoms with Crippen molar-refractivity contribution in [2.45, 2.75) is 18.9 Å². The van der Waals surface area contributed by atoms with Crippen molar-refractivity contribution in [3.8, 4) is 11.5 Å². The number of fused-ring (bicyclic) bond motifs is 1. The molecule has 9 heteroatoms. The van der Waals surface area contributed by atoms with Crippen LogP contribution in [0, 0.1) is 0 Å². The monoisotopic (exact) mass is 460 g/mol. The lowest BCUT2D eigenvalue weighted by atomic mass is 10.0. The number of halogens is 2. The fourth-order valence-corrected chi connectivity index (χ4v) is 4.38. The number of nitrogens with zero attached hydrogens (tertiary/aromatic N) is 1. The van der Waals surface area contributed by atoms with Gasteiger partial charge in [0.15, 0.2) is 0 Å². The zero-order valence-electron chi connectivity index (χ0n) is 17.5. The van der Waals surface area contributed by atoms with Crippen LogP contribution in [0.5, 0.6) is 11.5 Å². The van der Waals surface area contributed by atoms with Gasteiger partial charge in [0.25, 0.3) is 11.8 Å². The molecule has 0 spiro atoms. The largest absolute Gasteiger partial charge is 0.457 e. The predicted molar refractivity (Wildman–Crippen MR) is 118 cm³/mol. The van der Waals surface area contributed by atoms with E-state index >= 15 is 0 Å². The number of benzene rings is 3. The van der Waals surface area contributed by atoms with Crippen LogP contribution in [0.3, 0.4) is 0 Å². The highest BCUT2D eigenvalue weighted by Crippen LogP contribution is 2.33. The van der Waals surface area contributed by atoms with Crippen LogP contribution in [0.4, 0.5) is 8.78 Å². The maximum absolute atomic E-state index is 13.4. The molecule has 0 bridgehead atoms. The number of carbonyl (C=O) groups excluding carboxylic acids is 1. The molecule has 1 fully saturated rings. The van der Waals surface area contributed by atoms with Crippen molar-refractivity contribution < 1.29 is 26.7 Å². The van der Waals surface area contributed by atoms with E-state index in [0.717, 1.165) is 24.0 Å². The summed E-state index contributed by atoms with van der Waals surface area (Å²) in [5.74, 6) is -2.13. The Kier molecular flexibility index (Phi) is 5.64. The SMILES string of the molecule is CC(F)(F)c1ccc(Oc2cccc3cc(C(=O)N4CC(NS(C)(=O)=O)C4)ccc23)cc1. The minimum Gasteiger partial charge on any atom is -0.457 e. The third kappa shape index (κ3) is 4.89. The Balaban J connectivity index is 1.50. The van der Waals surface area contributed by atoms with Crippen LogP contribution in [-0.4, -0.2) is 44.6 Å². The van der Waals surface area contributed by atoms with Crippen LogP contribution in [0.25, 0.3) is 10.8 Å². The number of nitrogens with one attached hydrogen (secondary N) is 1. The number of amides is 1. The Labute approximate surface area is 184 Å². The van der Waals surface area contributed by atoms with Crippen molar-refractivity contribution in [1.29, 1.82) is 0 Å². The number of carbonyl (C=O) groups is 1. The third-order valence-corrected chi connectivity index (χ3v) is 5.99. The lowest BCUT2D eigenvalue weighted by molar-refractivity contribution is 0.0174. The van der Waals surface area contributed by atoms with Gasteiger partial charge >= 0.3 is 0 Å². The van der Waals surface area contributed by atoms with E-state index < -0.39 is 15.9 Å². The van der Waals surface area contributed by atoms with Gasteiger partial charge in [0.2, 0.25) is 10.0 Å². The molecular weight excluding hydrogens is 438 g/mol. The van der Waals surface area contributed by atoms with Gasteiger partial charge in [0.1, 0.15) is 11.5 Å². The van der Waals surface area contributed by atoms with Crippen LogP contribution in [0.2, 0.25) is 0 Å². The molecule has 3 aromatic carbocycles. The second-order valence-electron chi connectivity index (χ2n) is 8.00. The fourth-order valence-electron chi connectivity index (χ4n) is 3.62. The average molecular weight is 461 g/mol. The smallest absolute Gasteiger partial charge is 0.270 e. The zero-order chi connectivity index (χ0) is 23.1. The number of ether oxygens (including phenoxy) is 1. The second-order valence-corrected chi connectivity index (χ2v) is 9.78. The summed E-state index contributed by atoms with van der Waals surface area (Å²) in [5.41, 5.74) is 0.396. The maximum Gasteiger partial charge on any atom is 0.270 e. The summed E-state index contributed by atoms with van der Waals surface area (Å²) in [4.78, 5) is 14.3. The van der Waals surface area contributed by atoms with E-state index in [1.807, 2.05) is 6.07 Å². The van der Waals surface area contributed by atoms with Crippen molar-refractivity contribution in [3.63, 3.8) is 0 Å². The van der Waals surface area contributed by atoms with Crippen LogP contribution in [0.1, 0.15) is 22.8 Å². The molecule has 0 unspecified atom stereocenters. The van der Waals surface area contributed by atoms with E-state index in [2.05, 4.69) is 4.72 Å². The van der Waals surface area contributed by atoms with Crippen LogP contribution < -0.4 is 9.46 Å². The fraction of sp³-hybridized carbons (Fsp3) is 0.261. The van der Waals surface area contributed by atoms with Crippen LogP contribution in [0.15, 0.2) is 60.7 Å². The van der Waals surface area contributed by atoms with Crippen LogP contribution in [-0.2, 0) is 15.9 Å². The van der Waals surface area contributed by atoms with E-state index in [1.165, 1.54) is 24.3 Å². The molecule has 1 saturated heterocycles. The standard InChI is InChI=1S/C23H22F2N2O4S/c1-23(24,25)17-7-9-19(10-8-17)31-21-5-3-4-15-12-16(6-11-20(15)21)22(28)27-13-18(14-27)26-32(2,29)30/h3-12,18,26H,13-14H2,1-2H3. The van der Waals surface area contributed by atoms with Crippen molar-refractivity contribution in [3.05, 3.63) is 71.8 Å². The number of sulfonamides is 1. The van der Waals surface area contributed by atoms with Gasteiger partial charge in [0.05, 0.1) is 12.3 Å². The highest BCUT2D eigenvalue weighted by atomic mass is 32.2. The van der Waals surface area contributed by atoms with Gasteiger partial charge < -0.3 is 9.64 Å². The Bertz CT molecular complexity index is 1270. The van der Waals surface area contributed by atoms with Gasteiger partial charge in [-0.2, -0.15) is 0 Å². The number of hydrogen-bond acceptors (Lipinski definition) is 4. The molecule has 32 heavy (non-hydrogen) atoms. The summed E-state index contributed by atoms with van der Waals surface area (Å²) < 4.78 is 57.8. The molecule has 1 N–H and O–H groups in total. The van der Waals surface area contributed by atoms with Crippen molar-refractivity contribution in [2.24, 2.45) is 0 Å². The Morgan fingerprint density at radius 1 is 1.09 bits per heavy atom. The molecule has 4 rings (SSSR count). The molecule has 1 heterocycles. The first-order valence-electron chi connectivity index (χ1n) is 9.95. The predicted octanol–water partition coefficient (Wildman–Crippen LogP) is 4.12. The van der Waals surface area contributed by atoms with Gasteiger partial charge in [-0.25, -0.2) is 21.9 Å². The van der Waals surface area contributed by atoms with E-state index in [0.29, 0.717) is 30.2 Å². The first-order valence-corrected chi connectivity index (χ1v) is 11.8. The maximum atomic E-state index is 13.4. The zero-order valence-corrected chi connectivity index (χ0v) is 18.3. The summed E-state index contributed by atoms with van der Waals surface area (Å²) in [7, 11) is -3.31. The van der Waals surface area contributed by atoms with Gasteiger partial charge in [-0.1, -0.05) is 12.1 Å². The van der Waals surface area contributed by atoms with Gasteiger partial charge in [-0.05, 0) is 53.9 Å². The van der Waals surface area contributed by atoms with E-state index in [-0.39, 0.29) is 17.5 Å². The lowest BCUT2D eigenvalue weighted by Crippen LogP contribution is -2.60. The molecule has 0 atom stereocenters. The molecular formula is C23H22F2N2O4S. The summed E-state index contributed by atoms with van der Waals surface area (Å²) in [6.07, 6.45) is 1.09. The molecule has 3 aromatic rings. The van der Waals surface area contributed by atoms with Crippen LogP contribution >= 0.6 is 0 Å². The normalized spacial score (nSPS) is 14.9. The number of alkyl halides is 2. The second kappa shape index (κ2) is 8.14. The number of likely N-dealkylation sites (tertiary alicyclic amines) is 1. The first kappa shape index (κ1) is 22.2. The Hall–Kier alpha value is -3.04. The summed E-state index contributed by atoms with van der Waals surface area (Å²) in [6, 6.07) is 16.0. The first-order chi connectivity index (χ1) is 15.0. The minimum absolute atomic E-state index is 0.0918. The van der Waals surface area contributed by atoms with E-state index in [4.69, 9.17) is 4.74 Å². The number of hydrogen-bond donors (Lipinski definition) is 1. The number of rotatable bonds is 6. The molecule has 168 valence electrons. The third-order valence-electron chi connectivity index (χ3n) is 5.23. The Morgan fingerprint density at radius 3 is 2.41 bits per heavy atom. The van der Waals surface area contributed by atoms with E-state index in [9.17, 15) is 22.0 Å². The summed E-state index contributed by atoms with van der Waals surface area (Å²) in [5, 5.41) is 1.56. The summed E-state index contributed by atoms with van der Waals surface area (Å²) >= 11 is 0. The molecule has 1 aliphatic rings.